The van der Waals surface area contributed by atoms with E-state index in [1.165, 1.54) is 10.8 Å². The second kappa shape index (κ2) is 20.7. The first-order chi connectivity index (χ1) is 20.5. The van der Waals surface area contributed by atoms with Gasteiger partial charge in [0.2, 0.25) is 0 Å². The van der Waals surface area contributed by atoms with Crippen LogP contribution in [0, 0.1) is 6.92 Å². The summed E-state index contributed by atoms with van der Waals surface area (Å²) in [6.45, 7) is 3.61. The number of carbonyl (C=O) groups is 1. The molecule has 0 aliphatic carbocycles. The summed E-state index contributed by atoms with van der Waals surface area (Å²) in [5.74, 6) is -0.390. The number of nitrogens with zero attached hydrogens (tertiary/aromatic N) is 4. The van der Waals surface area contributed by atoms with Gasteiger partial charge in [-0.1, -0.05) is 85.0 Å². The van der Waals surface area contributed by atoms with Gasteiger partial charge in [0.1, 0.15) is 18.9 Å². The molecule has 1 aromatic heterocycles. The number of azide groups is 1. The van der Waals surface area contributed by atoms with Gasteiger partial charge >= 0.3 is 11.7 Å². The monoisotopic (exact) mass is 577 g/mol. The molecule has 0 saturated carbocycles. The molecular formula is C32H43N5O5. The average molecular weight is 578 g/mol. The summed E-state index contributed by atoms with van der Waals surface area (Å²) in [6.07, 6.45) is 32.1. The maximum Gasteiger partial charge on any atom is 0.330 e. The lowest BCUT2D eigenvalue weighted by molar-refractivity contribution is -0.148. The maximum absolute atomic E-state index is 12.2. The van der Waals surface area contributed by atoms with Crippen molar-refractivity contribution in [3.8, 4) is 0 Å². The van der Waals surface area contributed by atoms with Gasteiger partial charge in [-0.2, -0.15) is 0 Å². The molecule has 0 amide bonds. The molecule has 1 aromatic rings. The Morgan fingerprint density at radius 3 is 2.10 bits per heavy atom. The lowest BCUT2D eigenvalue weighted by Gasteiger charge is -2.16. The van der Waals surface area contributed by atoms with Crippen LogP contribution < -0.4 is 11.2 Å². The van der Waals surface area contributed by atoms with Crippen LogP contribution in [0.5, 0.6) is 0 Å². The smallest absolute Gasteiger partial charge is 0.330 e. The minimum absolute atomic E-state index is 0.0974. The van der Waals surface area contributed by atoms with E-state index < -0.39 is 35.6 Å². The highest BCUT2D eigenvalue weighted by molar-refractivity contribution is 5.69. The number of hydrogen-bond donors (Lipinski definition) is 1. The Hall–Kier alpha value is -4.14. The normalized spacial score (nSPS) is 19.3. The summed E-state index contributed by atoms with van der Waals surface area (Å²) in [5.41, 5.74) is 8.15. The third-order valence-electron chi connectivity index (χ3n) is 6.38. The van der Waals surface area contributed by atoms with E-state index in [0.717, 1.165) is 38.5 Å². The molecule has 226 valence electrons. The largest absolute Gasteiger partial charge is 0.463 e. The van der Waals surface area contributed by atoms with Crippen molar-refractivity contribution in [3.05, 3.63) is 116 Å². The predicted molar refractivity (Wildman–Crippen MR) is 166 cm³/mol. The van der Waals surface area contributed by atoms with E-state index in [2.05, 4.69) is 82.7 Å². The van der Waals surface area contributed by atoms with E-state index >= 15 is 0 Å². The van der Waals surface area contributed by atoms with Crippen LogP contribution in [0.3, 0.4) is 0 Å². The molecule has 10 heteroatoms. The van der Waals surface area contributed by atoms with Gasteiger partial charge in [0, 0.05) is 29.5 Å². The Labute approximate surface area is 247 Å². The third kappa shape index (κ3) is 13.5. The number of aryl methyl sites for hydroxylation is 1. The SMILES string of the molecule is CC/C=C\C/C=C\C/C=C\C/C=C\C/C=C\C/C=C\CCC(=O)OC[C@H]1O[C@@H](n2cc(C)c(=O)[nH]c2=O)CC1N=[N+]=[N-]. The summed E-state index contributed by atoms with van der Waals surface area (Å²) in [6, 6.07) is -0.615. The van der Waals surface area contributed by atoms with E-state index in [0.29, 0.717) is 12.0 Å². The average Bonchev–Trinajstić information content (AvgIpc) is 3.37. The molecule has 1 fully saturated rings. The number of ether oxygens (including phenoxy) is 2. The Balaban J connectivity index is 1.60. The molecule has 0 spiro atoms. The standard InChI is InChI=1S/C32H43N5O5/c1-3-4-5-6-7-8-9-10-11-12-13-14-15-16-17-18-19-20-21-22-30(38)41-25-28-27(35-36-33)23-29(42-28)37-24-26(2)31(39)34-32(37)40/h4-5,7-8,10-11,13-14,16-17,19-20,24,27-29H,3,6,9,12,15,18,21-23,25H2,1-2H3,(H,34,39,40)/b5-4-,8-7-,11-10-,14-13-,17-16-,20-19-/t27?,28-,29-/m1/s1. The Kier molecular flexibility index (Phi) is 16.8. The van der Waals surface area contributed by atoms with Crippen molar-refractivity contribution in [2.75, 3.05) is 6.61 Å². The Bertz CT molecular complexity index is 1310. The summed E-state index contributed by atoms with van der Waals surface area (Å²) < 4.78 is 12.4. The molecular weight excluding hydrogens is 534 g/mol. The van der Waals surface area contributed by atoms with Crippen LogP contribution in [-0.2, 0) is 14.3 Å². The van der Waals surface area contributed by atoms with Crippen molar-refractivity contribution in [2.45, 2.75) is 90.0 Å². The molecule has 0 bridgehead atoms. The number of hydrogen-bond acceptors (Lipinski definition) is 6. The quantitative estimate of drug-likeness (QED) is 0.0669. The van der Waals surface area contributed by atoms with Gasteiger partial charge < -0.3 is 9.47 Å². The number of H-pyrrole nitrogens is 1. The highest BCUT2D eigenvalue weighted by Crippen LogP contribution is 2.30. The maximum atomic E-state index is 12.2. The van der Waals surface area contributed by atoms with E-state index in [4.69, 9.17) is 15.0 Å². The molecule has 1 aliphatic heterocycles. The summed E-state index contributed by atoms with van der Waals surface area (Å²) in [4.78, 5) is 41.1. The number of esters is 1. The molecule has 2 rings (SSSR count). The first-order valence-corrected chi connectivity index (χ1v) is 14.5. The Morgan fingerprint density at radius 2 is 1.55 bits per heavy atom. The van der Waals surface area contributed by atoms with Crippen molar-refractivity contribution in [1.29, 1.82) is 0 Å². The zero-order valence-corrected chi connectivity index (χ0v) is 24.6. The van der Waals surface area contributed by atoms with Crippen molar-refractivity contribution < 1.29 is 14.3 Å². The van der Waals surface area contributed by atoms with E-state index in [1.807, 2.05) is 12.2 Å². The van der Waals surface area contributed by atoms with E-state index in [9.17, 15) is 14.4 Å². The first kappa shape index (κ1) is 34.1. The number of nitrogens with one attached hydrogen (secondary N) is 1. The van der Waals surface area contributed by atoms with Gasteiger partial charge in [-0.15, -0.1) is 0 Å². The zero-order valence-electron chi connectivity index (χ0n) is 24.6. The van der Waals surface area contributed by atoms with Gasteiger partial charge in [-0.3, -0.25) is 19.1 Å². The second-order valence-corrected chi connectivity index (χ2v) is 9.75. The van der Waals surface area contributed by atoms with Crippen LogP contribution in [0.25, 0.3) is 10.4 Å². The molecule has 1 N–H and O–H groups in total. The van der Waals surface area contributed by atoms with Crippen LogP contribution in [-0.4, -0.2) is 34.3 Å². The molecule has 42 heavy (non-hydrogen) atoms. The van der Waals surface area contributed by atoms with Crippen molar-refractivity contribution in [1.82, 2.24) is 9.55 Å². The fourth-order valence-corrected chi connectivity index (χ4v) is 4.11. The molecule has 1 saturated heterocycles. The van der Waals surface area contributed by atoms with E-state index in [1.54, 1.807) is 6.92 Å². The summed E-state index contributed by atoms with van der Waals surface area (Å²) in [7, 11) is 0. The van der Waals surface area contributed by atoms with Crippen LogP contribution >= 0.6 is 0 Å². The summed E-state index contributed by atoms with van der Waals surface area (Å²) in [5, 5.41) is 3.73. The molecule has 2 heterocycles. The third-order valence-corrected chi connectivity index (χ3v) is 6.38. The number of aromatic nitrogens is 2. The van der Waals surface area contributed by atoms with Gasteiger partial charge in [0.15, 0.2) is 0 Å². The van der Waals surface area contributed by atoms with Crippen molar-refractivity contribution >= 4 is 5.97 Å². The molecule has 0 aromatic carbocycles. The van der Waals surface area contributed by atoms with Crippen molar-refractivity contribution in [3.63, 3.8) is 0 Å². The highest BCUT2D eigenvalue weighted by Gasteiger charge is 2.37. The lowest BCUT2D eigenvalue weighted by atomic mass is 10.1. The van der Waals surface area contributed by atoms with Crippen LogP contribution in [0.2, 0.25) is 0 Å². The molecule has 10 nitrogen and oxygen atoms in total. The predicted octanol–water partition coefficient (Wildman–Crippen LogP) is 6.83. The molecule has 3 atom stereocenters. The van der Waals surface area contributed by atoms with Crippen LogP contribution in [0.1, 0.15) is 76.5 Å². The van der Waals surface area contributed by atoms with Gasteiger partial charge in [-0.05, 0) is 57.4 Å². The highest BCUT2D eigenvalue weighted by atomic mass is 16.6. The van der Waals surface area contributed by atoms with Crippen LogP contribution in [0.15, 0.2) is 93.8 Å². The second-order valence-electron chi connectivity index (χ2n) is 9.75. The van der Waals surface area contributed by atoms with E-state index in [-0.39, 0.29) is 19.4 Å². The van der Waals surface area contributed by atoms with Gasteiger partial charge in [-0.25, -0.2) is 4.79 Å². The van der Waals surface area contributed by atoms with Gasteiger partial charge in [0.25, 0.3) is 5.56 Å². The topological polar surface area (TPSA) is 139 Å². The number of carbonyl (C=O) groups excluding carboxylic acids is 1. The van der Waals surface area contributed by atoms with Crippen molar-refractivity contribution in [2.24, 2.45) is 5.11 Å². The lowest BCUT2D eigenvalue weighted by Crippen LogP contribution is -2.33. The fraction of sp³-hybridized carbons (Fsp3) is 0.469. The molecule has 0 radical (unpaired) electrons. The molecule has 1 unspecified atom stereocenters. The molecule has 1 aliphatic rings. The minimum atomic E-state index is -0.744. The first-order valence-electron chi connectivity index (χ1n) is 14.5. The zero-order chi connectivity index (χ0) is 30.4. The van der Waals surface area contributed by atoms with Gasteiger partial charge in [0.05, 0.1) is 6.04 Å². The number of allylic oxidation sites excluding steroid dienone is 12. The number of rotatable bonds is 18. The minimum Gasteiger partial charge on any atom is -0.463 e. The Morgan fingerprint density at radius 1 is 1.00 bits per heavy atom. The summed E-state index contributed by atoms with van der Waals surface area (Å²) >= 11 is 0. The number of aromatic amines is 1. The fourth-order valence-electron chi connectivity index (χ4n) is 4.11. The van der Waals surface area contributed by atoms with Crippen LogP contribution in [0.4, 0.5) is 0 Å².